The number of benzene rings is 2. The number of ether oxygens (including phenoxy) is 2. The van der Waals surface area contributed by atoms with E-state index in [1.165, 1.54) is 12.5 Å². The van der Waals surface area contributed by atoms with Crippen LogP contribution in [0.2, 0.25) is 0 Å². The number of nitrogens with one attached hydrogen (secondary N) is 1. The molecule has 2 saturated heterocycles. The van der Waals surface area contributed by atoms with Gasteiger partial charge in [-0.2, -0.15) is 0 Å². The second kappa shape index (κ2) is 10.1. The van der Waals surface area contributed by atoms with E-state index in [9.17, 15) is 14.0 Å². The highest BCUT2D eigenvalue weighted by atomic mass is 19.1. The minimum atomic E-state index is -0.973. The second-order valence-corrected chi connectivity index (χ2v) is 8.38. The number of piperidine rings is 1. The molecular formula is C25H29FN2O4. The number of amides is 2. The van der Waals surface area contributed by atoms with Gasteiger partial charge in [-0.15, -0.1) is 0 Å². The Hall–Kier alpha value is -2.93. The van der Waals surface area contributed by atoms with Crippen molar-refractivity contribution in [3.05, 3.63) is 59.9 Å². The number of likely N-dealkylation sites (tertiary alicyclic amines) is 1. The number of hydrogen-bond donors (Lipinski definition) is 1. The van der Waals surface area contributed by atoms with Gasteiger partial charge in [-0.05, 0) is 62.4 Å². The lowest BCUT2D eigenvalue weighted by Gasteiger charge is -2.36. The van der Waals surface area contributed by atoms with E-state index in [0.717, 1.165) is 25.9 Å². The van der Waals surface area contributed by atoms with Crippen molar-refractivity contribution in [2.45, 2.75) is 37.5 Å². The molecule has 7 heteroatoms. The molecule has 0 aliphatic carbocycles. The highest BCUT2D eigenvalue weighted by molar-refractivity contribution is 5.99. The first-order chi connectivity index (χ1) is 15.6. The van der Waals surface area contributed by atoms with Crippen LogP contribution in [0.25, 0.3) is 0 Å². The van der Waals surface area contributed by atoms with Crippen LogP contribution >= 0.6 is 0 Å². The van der Waals surface area contributed by atoms with Gasteiger partial charge in [0.2, 0.25) is 5.91 Å². The lowest BCUT2D eigenvalue weighted by Crippen LogP contribution is -2.45. The summed E-state index contributed by atoms with van der Waals surface area (Å²) in [6.07, 6.45) is 4.09. The molecule has 6 nitrogen and oxygen atoms in total. The SMILES string of the molecule is O=C(COc1ccc(NC(=O)C2(c3ccccc3F)CCOCC2)cc1)N1CCCCC1. The van der Waals surface area contributed by atoms with Gasteiger partial charge in [0.25, 0.3) is 5.91 Å². The molecule has 0 atom stereocenters. The highest BCUT2D eigenvalue weighted by Gasteiger charge is 2.43. The predicted molar refractivity (Wildman–Crippen MR) is 119 cm³/mol. The van der Waals surface area contributed by atoms with Crippen LogP contribution in [0.5, 0.6) is 5.75 Å². The molecule has 0 saturated carbocycles. The van der Waals surface area contributed by atoms with Gasteiger partial charge in [0.15, 0.2) is 6.61 Å². The summed E-state index contributed by atoms with van der Waals surface area (Å²) in [4.78, 5) is 27.4. The van der Waals surface area contributed by atoms with Gasteiger partial charge >= 0.3 is 0 Å². The Bertz CT molecular complexity index is 935. The summed E-state index contributed by atoms with van der Waals surface area (Å²) in [5.74, 6) is -0.0804. The van der Waals surface area contributed by atoms with Crippen molar-refractivity contribution >= 4 is 17.5 Å². The fourth-order valence-corrected chi connectivity index (χ4v) is 4.45. The molecule has 32 heavy (non-hydrogen) atoms. The van der Waals surface area contributed by atoms with E-state index in [0.29, 0.717) is 43.1 Å². The van der Waals surface area contributed by atoms with Crippen molar-refractivity contribution in [1.29, 1.82) is 0 Å². The molecule has 2 fully saturated rings. The van der Waals surface area contributed by atoms with Crippen molar-refractivity contribution in [2.75, 3.05) is 38.2 Å². The standard InChI is InChI=1S/C25H29FN2O4/c26-22-7-3-2-6-21(22)25(12-16-31-17-13-25)24(30)27-19-8-10-20(11-9-19)32-18-23(29)28-14-4-1-5-15-28/h2-3,6-11H,1,4-5,12-18H2,(H,27,30). The smallest absolute Gasteiger partial charge is 0.260 e. The van der Waals surface area contributed by atoms with E-state index >= 15 is 0 Å². The Morgan fingerprint density at radius 2 is 1.69 bits per heavy atom. The third-order valence-electron chi connectivity index (χ3n) is 6.35. The van der Waals surface area contributed by atoms with Crippen LogP contribution in [0.15, 0.2) is 48.5 Å². The largest absolute Gasteiger partial charge is 0.484 e. The number of rotatable bonds is 6. The Morgan fingerprint density at radius 3 is 2.38 bits per heavy atom. The van der Waals surface area contributed by atoms with E-state index in [4.69, 9.17) is 9.47 Å². The topological polar surface area (TPSA) is 67.9 Å². The zero-order chi connectivity index (χ0) is 22.4. The second-order valence-electron chi connectivity index (χ2n) is 8.38. The van der Waals surface area contributed by atoms with Crippen LogP contribution in [-0.2, 0) is 19.7 Å². The first-order valence-electron chi connectivity index (χ1n) is 11.2. The molecule has 2 aliphatic heterocycles. The van der Waals surface area contributed by atoms with Gasteiger partial charge in [0.1, 0.15) is 11.6 Å². The molecule has 0 bridgehead atoms. The number of halogens is 1. The molecule has 2 heterocycles. The maximum Gasteiger partial charge on any atom is 0.260 e. The lowest BCUT2D eigenvalue weighted by molar-refractivity contribution is -0.134. The molecule has 2 amide bonds. The van der Waals surface area contributed by atoms with Gasteiger partial charge in [0.05, 0.1) is 5.41 Å². The Balaban J connectivity index is 1.40. The zero-order valence-electron chi connectivity index (χ0n) is 18.1. The summed E-state index contributed by atoms with van der Waals surface area (Å²) in [5.41, 5.74) is 0.0171. The molecule has 4 rings (SSSR count). The summed E-state index contributed by atoms with van der Waals surface area (Å²) in [5, 5.41) is 2.93. The third-order valence-corrected chi connectivity index (χ3v) is 6.35. The number of carbonyl (C=O) groups is 2. The van der Waals surface area contributed by atoms with E-state index in [2.05, 4.69) is 5.32 Å². The molecule has 2 aromatic carbocycles. The molecule has 0 radical (unpaired) electrons. The minimum Gasteiger partial charge on any atom is -0.484 e. The number of carbonyl (C=O) groups excluding carboxylic acids is 2. The van der Waals surface area contributed by atoms with E-state index < -0.39 is 5.41 Å². The number of nitrogens with zero attached hydrogens (tertiary/aromatic N) is 1. The molecule has 0 spiro atoms. The third kappa shape index (κ3) is 4.93. The molecule has 170 valence electrons. The van der Waals surface area contributed by atoms with Crippen molar-refractivity contribution < 1.29 is 23.5 Å². The molecule has 0 unspecified atom stereocenters. The molecule has 2 aliphatic rings. The van der Waals surface area contributed by atoms with Crippen molar-refractivity contribution in [1.82, 2.24) is 4.90 Å². The average molecular weight is 441 g/mol. The van der Waals surface area contributed by atoms with Gasteiger partial charge < -0.3 is 19.7 Å². The van der Waals surface area contributed by atoms with Crippen LogP contribution in [0, 0.1) is 5.82 Å². The molecular weight excluding hydrogens is 411 g/mol. The molecule has 1 N–H and O–H groups in total. The molecule has 0 aromatic heterocycles. The number of hydrogen-bond acceptors (Lipinski definition) is 4. The van der Waals surface area contributed by atoms with Crippen LogP contribution in [0.3, 0.4) is 0 Å². The Morgan fingerprint density at radius 1 is 1.00 bits per heavy atom. The van der Waals surface area contributed by atoms with Crippen molar-refractivity contribution in [3.63, 3.8) is 0 Å². The van der Waals surface area contributed by atoms with Crippen molar-refractivity contribution in [3.8, 4) is 5.75 Å². The summed E-state index contributed by atoms with van der Waals surface area (Å²) >= 11 is 0. The fourth-order valence-electron chi connectivity index (χ4n) is 4.45. The van der Waals surface area contributed by atoms with E-state index in [-0.39, 0.29) is 24.2 Å². The van der Waals surface area contributed by atoms with Gasteiger partial charge in [-0.25, -0.2) is 4.39 Å². The maximum atomic E-state index is 14.6. The maximum absolute atomic E-state index is 14.6. The summed E-state index contributed by atoms with van der Waals surface area (Å²) < 4.78 is 25.7. The van der Waals surface area contributed by atoms with Gasteiger partial charge in [-0.3, -0.25) is 9.59 Å². The van der Waals surface area contributed by atoms with E-state index in [1.54, 1.807) is 42.5 Å². The summed E-state index contributed by atoms with van der Waals surface area (Å²) in [6, 6.07) is 13.3. The predicted octanol–water partition coefficient (Wildman–Crippen LogP) is 3.90. The zero-order valence-corrected chi connectivity index (χ0v) is 18.1. The first kappa shape index (κ1) is 22.3. The minimum absolute atomic E-state index is 0.00208. The van der Waals surface area contributed by atoms with E-state index in [1.807, 2.05) is 4.90 Å². The quantitative estimate of drug-likeness (QED) is 0.740. The average Bonchev–Trinajstić information content (AvgIpc) is 2.84. The van der Waals surface area contributed by atoms with Gasteiger partial charge in [-0.1, -0.05) is 18.2 Å². The van der Waals surface area contributed by atoms with Crippen LogP contribution < -0.4 is 10.1 Å². The first-order valence-corrected chi connectivity index (χ1v) is 11.2. The van der Waals surface area contributed by atoms with Gasteiger partial charge in [0, 0.05) is 37.6 Å². The summed E-state index contributed by atoms with van der Waals surface area (Å²) in [7, 11) is 0. The van der Waals surface area contributed by atoms with Crippen LogP contribution in [0.4, 0.5) is 10.1 Å². The normalized spacial score (nSPS) is 18.1. The lowest BCUT2D eigenvalue weighted by atomic mass is 9.73. The Labute approximate surface area is 187 Å². The van der Waals surface area contributed by atoms with Crippen molar-refractivity contribution in [2.24, 2.45) is 0 Å². The fraction of sp³-hybridized carbons (Fsp3) is 0.440. The summed E-state index contributed by atoms with van der Waals surface area (Å²) in [6.45, 7) is 2.39. The number of anilines is 1. The van der Waals surface area contributed by atoms with Crippen LogP contribution in [-0.4, -0.2) is 49.6 Å². The highest BCUT2D eigenvalue weighted by Crippen LogP contribution is 2.37. The Kier molecular flexibility index (Phi) is 7.05. The van der Waals surface area contributed by atoms with Crippen LogP contribution in [0.1, 0.15) is 37.7 Å². The monoisotopic (exact) mass is 440 g/mol. The molecule has 2 aromatic rings.